The molecule has 0 bridgehead atoms. The highest BCUT2D eigenvalue weighted by molar-refractivity contribution is 6.71. The minimum atomic E-state index is -2.86. The third-order valence-electron chi connectivity index (χ3n) is 9.66. The van der Waals surface area contributed by atoms with Crippen molar-refractivity contribution in [3.8, 4) is 5.75 Å². The number of nitrogens with zero attached hydrogens (tertiary/aromatic N) is 4. The van der Waals surface area contributed by atoms with Crippen LogP contribution in [0.25, 0.3) is 0 Å². The fourth-order valence-corrected chi connectivity index (χ4v) is 9.98. The number of anilines is 2. The number of benzene rings is 3. The highest BCUT2D eigenvalue weighted by Crippen LogP contribution is 2.59. The number of rotatable bonds is 10. The van der Waals surface area contributed by atoms with Crippen molar-refractivity contribution in [2.24, 2.45) is 5.92 Å². The van der Waals surface area contributed by atoms with Gasteiger partial charge in [0, 0.05) is 48.1 Å². The van der Waals surface area contributed by atoms with Gasteiger partial charge in [0.2, 0.25) is 0 Å². The van der Waals surface area contributed by atoms with Crippen LogP contribution in [-0.2, 0) is 21.7 Å². The van der Waals surface area contributed by atoms with Crippen LogP contribution in [0, 0.1) is 5.92 Å². The van der Waals surface area contributed by atoms with Crippen molar-refractivity contribution in [2.45, 2.75) is 56.1 Å². The van der Waals surface area contributed by atoms with E-state index in [9.17, 15) is 19.5 Å². The molecule has 4 aromatic rings. The van der Waals surface area contributed by atoms with Gasteiger partial charge in [-0.2, -0.15) is 0 Å². The number of hydrogen-bond donors (Lipinski definition) is 3. The smallest absolute Gasteiger partial charge is 0.264 e. The van der Waals surface area contributed by atoms with Gasteiger partial charge < -0.3 is 29.6 Å². The van der Waals surface area contributed by atoms with Gasteiger partial charge in [-0.1, -0.05) is 42.5 Å². The van der Waals surface area contributed by atoms with Crippen molar-refractivity contribution in [1.82, 2.24) is 15.0 Å². The summed E-state index contributed by atoms with van der Waals surface area (Å²) in [4.78, 5) is 40.4. The average molecular weight is 656 g/mol. The number of hydrogen-bond acceptors (Lipinski definition) is 8. The Hall–Kier alpha value is -4.36. The number of fused-ring (bicyclic) bond motifs is 2. The van der Waals surface area contributed by atoms with E-state index in [-0.39, 0.29) is 35.8 Å². The predicted octanol–water partition coefficient (Wildman–Crippen LogP) is 4.53. The summed E-state index contributed by atoms with van der Waals surface area (Å²) >= 11 is 0. The average Bonchev–Trinajstić information content (AvgIpc) is 3.71. The lowest BCUT2D eigenvalue weighted by Gasteiger charge is -2.32. The molecule has 2 aliphatic rings. The minimum Gasteiger partial charge on any atom is -0.497 e. The van der Waals surface area contributed by atoms with E-state index in [1.54, 1.807) is 54.1 Å². The largest absolute Gasteiger partial charge is 0.497 e. The summed E-state index contributed by atoms with van der Waals surface area (Å²) in [5.41, 5.74) is 2.41. The molecule has 11 nitrogen and oxygen atoms in total. The number of nitrogens with one attached hydrogen (secondary N) is 1. The summed E-state index contributed by atoms with van der Waals surface area (Å²) in [5, 5.41) is 21.7. The Morgan fingerprint density at radius 3 is 2.51 bits per heavy atom. The normalized spacial score (nSPS) is 22.8. The second kappa shape index (κ2) is 12.7. The van der Waals surface area contributed by atoms with Crippen LogP contribution in [0.2, 0.25) is 18.6 Å². The minimum absolute atomic E-state index is 0.0988. The van der Waals surface area contributed by atoms with Gasteiger partial charge in [-0.25, -0.2) is 0 Å². The van der Waals surface area contributed by atoms with Crippen molar-refractivity contribution in [3.05, 3.63) is 101 Å². The maximum atomic E-state index is 14.1. The maximum absolute atomic E-state index is 14.1. The molecular formula is C35H41N5O6Si. The van der Waals surface area contributed by atoms with Crippen molar-refractivity contribution in [1.29, 1.82) is 0 Å². The molecule has 3 N–H and O–H groups in total. The third-order valence-corrected chi connectivity index (χ3v) is 12.2. The van der Waals surface area contributed by atoms with Gasteiger partial charge in [0.05, 0.1) is 37.1 Å². The number of aryl methyl sites for hydroxylation is 1. The Morgan fingerprint density at radius 1 is 1.13 bits per heavy atom. The summed E-state index contributed by atoms with van der Waals surface area (Å²) in [6.07, 6.45) is 1.89. The second-order valence-electron chi connectivity index (χ2n) is 13.0. The molecule has 0 radical (unpaired) electrons. The Balaban J connectivity index is 1.26. The zero-order valence-electron chi connectivity index (χ0n) is 27.3. The van der Waals surface area contributed by atoms with E-state index in [4.69, 9.17) is 9.47 Å². The van der Waals surface area contributed by atoms with Crippen LogP contribution in [0.1, 0.15) is 46.4 Å². The number of ether oxygens (including phenoxy) is 2. The first-order valence-electron chi connectivity index (χ1n) is 15.8. The lowest BCUT2D eigenvalue weighted by atomic mass is 9.82. The fraction of sp³-hybridized carbons (Fsp3) is 0.371. The third kappa shape index (κ3) is 5.86. The number of amides is 2. The Morgan fingerprint density at radius 2 is 1.85 bits per heavy atom. The molecule has 0 aliphatic carbocycles. The molecule has 1 fully saturated rings. The number of aromatic nitrogens is 3. The summed E-state index contributed by atoms with van der Waals surface area (Å²) in [6.45, 7) is 6.11. The zero-order valence-corrected chi connectivity index (χ0v) is 28.3. The van der Waals surface area contributed by atoms with E-state index in [1.807, 2.05) is 68.7 Å². The van der Waals surface area contributed by atoms with E-state index >= 15 is 0 Å². The molecule has 6 rings (SSSR count). The first kappa shape index (κ1) is 32.6. The van der Waals surface area contributed by atoms with Crippen LogP contribution in [0.4, 0.5) is 11.4 Å². The van der Waals surface area contributed by atoms with Crippen LogP contribution in [0.15, 0.2) is 79.0 Å². The number of carbonyl (C=O) groups is 2. The van der Waals surface area contributed by atoms with Gasteiger partial charge >= 0.3 is 0 Å². The molecule has 2 amide bonds. The molecule has 246 valence electrons. The van der Waals surface area contributed by atoms with Crippen molar-refractivity contribution < 1.29 is 29.0 Å². The fourth-order valence-electron chi connectivity index (χ4n) is 7.37. The van der Waals surface area contributed by atoms with Gasteiger partial charge in [-0.3, -0.25) is 14.3 Å². The molecule has 1 aromatic heterocycles. The molecule has 1 saturated heterocycles. The SMILES string of the molecule is COc1ccc(C(=O)Nc2ccc3c(c2)[C@]2(O[C@@H](CCn4cc(C(CO)c5ccccc5)nn4)[C@H]([Si](C)(C)O)[C@H]2C)C(=O)N3C)cc1. The number of carbonyl (C=O) groups excluding carboxylic acids is 2. The van der Waals surface area contributed by atoms with Gasteiger partial charge in [0.15, 0.2) is 13.9 Å². The van der Waals surface area contributed by atoms with Crippen LogP contribution >= 0.6 is 0 Å². The molecule has 2 aliphatic heterocycles. The van der Waals surface area contributed by atoms with Gasteiger partial charge in [0.1, 0.15) is 5.75 Å². The number of aliphatic hydroxyl groups is 1. The van der Waals surface area contributed by atoms with Crippen LogP contribution in [0.3, 0.4) is 0 Å². The van der Waals surface area contributed by atoms with E-state index in [2.05, 4.69) is 15.6 Å². The van der Waals surface area contributed by atoms with E-state index in [0.717, 1.165) is 5.56 Å². The first-order valence-corrected chi connectivity index (χ1v) is 18.8. The highest BCUT2D eigenvalue weighted by atomic mass is 28.4. The van der Waals surface area contributed by atoms with Crippen molar-refractivity contribution in [3.63, 3.8) is 0 Å². The standard InChI is InChI=1S/C35H41N5O6Si/c1-22-32(47(4,5)44)31(17-18-40-20-29(37-38-40)27(21-41)23-9-7-6-8-10-23)46-35(22)28-19-25(13-16-30(28)39(2)34(35)43)36-33(42)24-11-14-26(45-3)15-12-24/h6-16,19-20,22,27,31-32,41,44H,17-18,21H2,1-5H3,(H,36,42)/t22-,27?,31+,32-,35+/m1/s1. The molecule has 47 heavy (non-hydrogen) atoms. The molecule has 3 aromatic carbocycles. The van der Waals surface area contributed by atoms with Crippen molar-refractivity contribution >= 4 is 31.5 Å². The number of aliphatic hydroxyl groups excluding tert-OH is 1. The number of likely N-dealkylation sites (N-methyl/N-ethyl adjacent to an activating group) is 1. The molecule has 5 atom stereocenters. The Kier molecular flexibility index (Phi) is 8.79. The molecule has 0 saturated carbocycles. The Labute approximate surface area is 275 Å². The predicted molar refractivity (Wildman–Crippen MR) is 180 cm³/mol. The first-order chi connectivity index (χ1) is 22.5. The van der Waals surface area contributed by atoms with Crippen LogP contribution in [-0.4, -0.2) is 71.9 Å². The molecule has 1 spiro atoms. The van der Waals surface area contributed by atoms with E-state index in [1.165, 1.54) is 0 Å². The quantitative estimate of drug-likeness (QED) is 0.212. The van der Waals surface area contributed by atoms with Gasteiger partial charge in [-0.15, -0.1) is 5.10 Å². The monoisotopic (exact) mass is 655 g/mol. The topological polar surface area (TPSA) is 139 Å². The molecular weight excluding hydrogens is 615 g/mol. The Bertz CT molecular complexity index is 1760. The maximum Gasteiger partial charge on any atom is 0.264 e. The van der Waals surface area contributed by atoms with E-state index < -0.39 is 20.0 Å². The lowest BCUT2D eigenvalue weighted by Crippen LogP contribution is -2.45. The zero-order chi connectivity index (χ0) is 33.5. The lowest BCUT2D eigenvalue weighted by molar-refractivity contribution is -0.145. The van der Waals surface area contributed by atoms with Gasteiger partial charge in [-0.05, 0) is 67.5 Å². The highest BCUT2D eigenvalue weighted by Gasteiger charge is 2.65. The second-order valence-corrected chi connectivity index (χ2v) is 17.0. The summed E-state index contributed by atoms with van der Waals surface area (Å²) in [5.74, 6) is -0.468. The van der Waals surface area contributed by atoms with Crippen LogP contribution < -0.4 is 15.0 Å². The van der Waals surface area contributed by atoms with Gasteiger partial charge in [0.25, 0.3) is 11.8 Å². The molecule has 12 heteroatoms. The molecule has 3 heterocycles. The molecule has 1 unspecified atom stereocenters. The van der Waals surface area contributed by atoms with Crippen LogP contribution in [0.5, 0.6) is 5.75 Å². The summed E-state index contributed by atoms with van der Waals surface area (Å²) < 4.78 is 13.8. The summed E-state index contributed by atoms with van der Waals surface area (Å²) in [6, 6.07) is 21.9. The van der Waals surface area contributed by atoms with Crippen molar-refractivity contribution in [2.75, 3.05) is 31.0 Å². The summed E-state index contributed by atoms with van der Waals surface area (Å²) in [7, 11) is 0.435. The van der Waals surface area contributed by atoms with E-state index in [0.29, 0.717) is 46.9 Å². The number of methoxy groups -OCH3 is 1.